The van der Waals surface area contributed by atoms with Gasteiger partial charge in [0.25, 0.3) is 5.91 Å². The van der Waals surface area contributed by atoms with Gasteiger partial charge in [0.2, 0.25) is 0 Å². The Balaban J connectivity index is 1.69. The van der Waals surface area contributed by atoms with E-state index >= 15 is 0 Å². The molecule has 4 heteroatoms. The third kappa shape index (κ3) is 3.90. The van der Waals surface area contributed by atoms with E-state index in [1.807, 2.05) is 50.2 Å². The highest BCUT2D eigenvalue weighted by atomic mass is 16.5. The predicted octanol–water partition coefficient (Wildman–Crippen LogP) is 3.39. The number of carbonyl (C=O) groups excluding carboxylic acids is 1. The second-order valence-electron chi connectivity index (χ2n) is 5.98. The summed E-state index contributed by atoms with van der Waals surface area (Å²) in [5.74, 6) is -0.0801. The number of carbonyl (C=O) groups is 1. The maximum Gasteiger partial charge on any atom is 0.255 e. The smallest absolute Gasteiger partial charge is 0.255 e. The highest BCUT2D eigenvalue weighted by Gasteiger charge is 2.12. The van der Waals surface area contributed by atoms with Crippen LogP contribution in [0, 0.1) is 13.8 Å². The van der Waals surface area contributed by atoms with Crippen molar-refractivity contribution in [1.82, 2.24) is 0 Å². The molecule has 0 saturated carbocycles. The second-order valence-corrected chi connectivity index (χ2v) is 5.98. The Hall–Kier alpha value is -2.33. The van der Waals surface area contributed by atoms with Gasteiger partial charge in [-0.2, -0.15) is 0 Å². The van der Waals surface area contributed by atoms with Crippen molar-refractivity contribution in [2.24, 2.45) is 0 Å². The Labute approximate surface area is 137 Å². The Morgan fingerprint density at radius 2 is 1.61 bits per heavy atom. The minimum atomic E-state index is -0.0801. The summed E-state index contributed by atoms with van der Waals surface area (Å²) < 4.78 is 5.36. The number of aryl methyl sites for hydroxylation is 2. The second kappa shape index (κ2) is 6.84. The first kappa shape index (κ1) is 15.6. The van der Waals surface area contributed by atoms with Gasteiger partial charge in [-0.3, -0.25) is 4.79 Å². The molecular formula is C19H22N2O2. The van der Waals surface area contributed by atoms with E-state index in [-0.39, 0.29) is 5.91 Å². The fourth-order valence-corrected chi connectivity index (χ4v) is 2.90. The Kier molecular flexibility index (Phi) is 4.63. The molecule has 4 nitrogen and oxygen atoms in total. The van der Waals surface area contributed by atoms with Crippen molar-refractivity contribution in [2.75, 3.05) is 36.5 Å². The van der Waals surface area contributed by atoms with Crippen LogP contribution in [0.1, 0.15) is 21.5 Å². The van der Waals surface area contributed by atoms with Crippen molar-refractivity contribution in [2.45, 2.75) is 13.8 Å². The highest BCUT2D eigenvalue weighted by Crippen LogP contribution is 2.18. The number of nitrogens with zero attached hydrogens (tertiary/aromatic N) is 1. The number of rotatable bonds is 3. The summed E-state index contributed by atoms with van der Waals surface area (Å²) in [6.45, 7) is 7.37. The highest BCUT2D eigenvalue weighted by molar-refractivity contribution is 6.04. The average molecular weight is 310 g/mol. The molecule has 1 fully saturated rings. The van der Waals surface area contributed by atoms with E-state index in [0.717, 1.165) is 48.8 Å². The van der Waals surface area contributed by atoms with Crippen LogP contribution in [0.25, 0.3) is 0 Å². The van der Waals surface area contributed by atoms with Crippen LogP contribution in [0.5, 0.6) is 0 Å². The van der Waals surface area contributed by atoms with Crippen molar-refractivity contribution in [3.8, 4) is 0 Å². The molecule has 120 valence electrons. The predicted molar refractivity (Wildman–Crippen MR) is 93.3 cm³/mol. The Morgan fingerprint density at radius 1 is 1.00 bits per heavy atom. The zero-order valence-corrected chi connectivity index (χ0v) is 13.6. The molecule has 1 saturated heterocycles. The molecule has 0 unspecified atom stereocenters. The lowest BCUT2D eigenvalue weighted by atomic mass is 10.1. The molecule has 3 rings (SSSR count). The molecule has 23 heavy (non-hydrogen) atoms. The van der Waals surface area contributed by atoms with Crippen LogP contribution < -0.4 is 10.2 Å². The first-order valence-electron chi connectivity index (χ1n) is 7.94. The molecule has 0 atom stereocenters. The lowest BCUT2D eigenvalue weighted by molar-refractivity contribution is 0.102. The van der Waals surface area contributed by atoms with E-state index in [1.54, 1.807) is 0 Å². The van der Waals surface area contributed by atoms with E-state index in [9.17, 15) is 4.79 Å². The number of hydrogen-bond donors (Lipinski definition) is 1. The number of hydrogen-bond acceptors (Lipinski definition) is 3. The maximum atomic E-state index is 12.4. The van der Waals surface area contributed by atoms with Crippen LogP contribution in [-0.4, -0.2) is 32.2 Å². The summed E-state index contributed by atoms with van der Waals surface area (Å²) in [5, 5.41) is 2.97. The van der Waals surface area contributed by atoms with Crippen LogP contribution in [0.2, 0.25) is 0 Å². The van der Waals surface area contributed by atoms with Gasteiger partial charge in [-0.1, -0.05) is 6.07 Å². The van der Waals surface area contributed by atoms with Gasteiger partial charge in [0, 0.05) is 30.0 Å². The molecule has 1 aliphatic rings. The van der Waals surface area contributed by atoms with Gasteiger partial charge in [-0.25, -0.2) is 0 Å². The number of nitrogens with one attached hydrogen (secondary N) is 1. The molecule has 2 aromatic rings. The minimum Gasteiger partial charge on any atom is -0.378 e. The van der Waals surface area contributed by atoms with Crippen molar-refractivity contribution in [3.05, 3.63) is 59.2 Å². The van der Waals surface area contributed by atoms with E-state index in [2.05, 4.69) is 16.3 Å². The first-order valence-corrected chi connectivity index (χ1v) is 7.94. The van der Waals surface area contributed by atoms with Gasteiger partial charge in [-0.05, 0) is 61.4 Å². The average Bonchev–Trinajstić information content (AvgIpc) is 2.55. The summed E-state index contributed by atoms with van der Waals surface area (Å²) in [6, 6.07) is 13.8. The monoisotopic (exact) mass is 310 g/mol. The van der Waals surface area contributed by atoms with Crippen LogP contribution >= 0.6 is 0 Å². The van der Waals surface area contributed by atoms with E-state index in [1.165, 1.54) is 0 Å². The van der Waals surface area contributed by atoms with Crippen molar-refractivity contribution >= 4 is 17.3 Å². The summed E-state index contributed by atoms with van der Waals surface area (Å²) in [5.41, 5.74) is 4.92. The summed E-state index contributed by atoms with van der Waals surface area (Å²) in [4.78, 5) is 14.7. The maximum absolute atomic E-state index is 12.4. The van der Waals surface area contributed by atoms with Crippen LogP contribution in [0.3, 0.4) is 0 Å². The molecule has 1 amide bonds. The van der Waals surface area contributed by atoms with E-state index in [0.29, 0.717) is 5.56 Å². The molecular weight excluding hydrogens is 288 g/mol. The van der Waals surface area contributed by atoms with E-state index in [4.69, 9.17) is 4.74 Å². The SMILES string of the molecule is Cc1cc(C)cc(NC(=O)c2ccc(N3CCOCC3)cc2)c1. The Morgan fingerprint density at radius 3 is 2.22 bits per heavy atom. The van der Waals surface area contributed by atoms with Gasteiger partial charge < -0.3 is 15.0 Å². The summed E-state index contributed by atoms with van der Waals surface area (Å²) >= 11 is 0. The van der Waals surface area contributed by atoms with Crippen molar-refractivity contribution < 1.29 is 9.53 Å². The topological polar surface area (TPSA) is 41.6 Å². The van der Waals surface area contributed by atoms with Gasteiger partial charge in [0.05, 0.1) is 13.2 Å². The van der Waals surface area contributed by atoms with Crippen LogP contribution in [-0.2, 0) is 4.74 Å². The molecule has 0 aliphatic carbocycles. The number of ether oxygens (including phenoxy) is 1. The van der Waals surface area contributed by atoms with Gasteiger partial charge in [0.15, 0.2) is 0 Å². The number of morpholine rings is 1. The molecule has 1 heterocycles. The fraction of sp³-hybridized carbons (Fsp3) is 0.316. The van der Waals surface area contributed by atoms with Gasteiger partial charge >= 0.3 is 0 Å². The lowest BCUT2D eigenvalue weighted by Crippen LogP contribution is -2.36. The Bertz CT molecular complexity index is 669. The molecule has 0 radical (unpaired) electrons. The van der Waals surface area contributed by atoms with Crippen LogP contribution in [0.4, 0.5) is 11.4 Å². The molecule has 0 aromatic heterocycles. The molecule has 1 N–H and O–H groups in total. The quantitative estimate of drug-likeness (QED) is 0.945. The largest absolute Gasteiger partial charge is 0.378 e. The van der Waals surface area contributed by atoms with Crippen LogP contribution in [0.15, 0.2) is 42.5 Å². The number of benzene rings is 2. The molecule has 2 aromatic carbocycles. The standard InChI is InChI=1S/C19H22N2O2/c1-14-11-15(2)13-17(12-14)20-19(22)16-3-5-18(6-4-16)21-7-9-23-10-8-21/h3-6,11-13H,7-10H2,1-2H3,(H,20,22). The fourth-order valence-electron chi connectivity index (χ4n) is 2.90. The summed E-state index contributed by atoms with van der Waals surface area (Å²) in [7, 11) is 0. The zero-order chi connectivity index (χ0) is 16.2. The minimum absolute atomic E-state index is 0.0801. The molecule has 1 aliphatic heterocycles. The number of amides is 1. The third-order valence-electron chi connectivity index (χ3n) is 3.99. The van der Waals surface area contributed by atoms with Crippen molar-refractivity contribution in [1.29, 1.82) is 0 Å². The normalized spacial score (nSPS) is 14.6. The third-order valence-corrected chi connectivity index (χ3v) is 3.99. The van der Waals surface area contributed by atoms with Crippen molar-refractivity contribution in [3.63, 3.8) is 0 Å². The molecule has 0 bridgehead atoms. The van der Waals surface area contributed by atoms with Gasteiger partial charge in [0.1, 0.15) is 0 Å². The first-order chi connectivity index (χ1) is 11.1. The number of anilines is 2. The summed E-state index contributed by atoms with van der Waals surface area (Å²) in [6.07, 6.45) is 0. The van der Waals surface area contributed by atoms with E-state index < -0.39 is 0 Å². The zero-order valence-electron chi connectivity index (χ0n) is 13.6. The lowest BCUT2D eigenvalue weighted by Gasteiger charge is -2.28. The van der Waals surface area contributed by atoms with Gasteiger partial charge in [-0.15, -0.1) is 0 Å². The molecule has 0 spiro atoms.